The van der Waals surface area contributed by atoms with E-state index < -0.39 is 0 Å². The lowest BCUT2D eigenvalue weighted by Gasteiger charge is -2.06. The molecule has 2 aromatic carbocycles. The molecule has 1 aromatic heterocycles. The van der Waals surface area contributed by atoms with Gasteiger partial charge in [-0.2, -0.15) is 0 Å². The maximum atomic E-state index is 6.16. The first-order valence-electron chi connectivity index (χ1n) is 5.68. The van der Waals surface area contributed by atoms with E-state index in [1.165, 1.54) is 0 Å². The molecule has 0 amide bonds. The molecule has 1 heterocycles. The van der Waals surface area contributed by atoms with Crippen molar-refractivity contribution in [2.24, 2.45) is 0 Å². The minimum Gasteiger partial charge on any atom is -0.399 e. The van der Waals surface area contributed by atoms with E-state index in [2.05, 4.69) is 9.55 Å². The molecule has 0 spiro atoms. The Hall–Kier alpha value is -2.00. The van der Waals surface area contributed by atoms with Crippen LogP contribution >= 0.6 is 11.6 Å². The Morgan fingerprint density at radius 3 is 2.83 bits per heavy atom. The van der Waals surface area contributed by atoms with Crippen LogP contribution in [0.1, 0.15) is 5.56 Å². The number of rotatable bonds is 2. The second-order valence-corrected chi connectivity index (χ2v) is 4.62. The fraction of sp³-hybridized carbons (Fsp3) is 0.0714. The zero-order chi connectivity index (χ0) is 12.5. The first kappa shape index (κ1) is 11.1. The molecule has 0 saturated carbocycles. The monoisotopic (exact) mass is 257 g/mol. The Morgan fingerprint density at radius 2 is 2.00 bits per heavy atom. The number of halogens is 1. The summed E-state index contributed by atoms with van der Waals surface area (Å²) in [6, 6.07) is 13.6. The van der Waals surface area contributed by atoms with Crippen LogP contribution in [0.3, 0.4) is 0 Å². The van der Waals surface area contributed by atoms with Crippen molar-refractivity contribution in [1.29, 1.82) is 0 Å². The van der Waals surface area contributed by atoms with E-state index in [-0.39, 0.29) is 0 Å². The summed E-state index contributed by atoms with van der Waals surface area (Å²) in [6.07, 6.45) is 1.81. The Kier molecular flexibility index (Phi) is 2.68. The molecule has 0 aliphatic carbocycles. The summed E-state index contributed by atoms with van der Waals surface area (Å²) in [7, 11) is 0. The molecular weight excluding hydrogens is 246 g/mol. The van der Waals surface area contributed by atoms with Crippen LogP contribution in [-0.4, -0.2) is 9.55 Å². The van der Waals surface area contributed by atoms with Crippen molar-refractivity contribution >= 4 is 28.3 Å². The summed E-state index contributed by atoms with van der Waals surface area (Å²) in [4.78, 5) is 4.35. The summed E-state index contributed by atoms with van der Waals surface area (Å²) >= 11 is 6.16. The van der Waals surface area contributed by atoms with Gasteiger partial charge in [0.2, 0.25) is 0 Å². The molecule has 2 N–H and O–H groups in total. The number of aromatic nitrogens is 2. The average molecular weight is 258 g/mol. The molecule has 90 valence electrons. The van der Waals surface area contributed by atoms with E-state index in [9.17, 15) is 0 Å². The predicted molar refractivity (Wildman–Crippen MR) is 74.7 cm³/mol. The molecule has 3 nitrogen and oxygen atoms in total. The molecule has 0 atom stereocenters. The summed E-state index contributed by atoms with van der Waals surface area (Å²) in [6.45, 7) is 0.708. The molecular formula is C14H12ClN3. The van der Waals surface area contributed by atoms with Crippen molar-refractivity contribution < 1.29 is 0 Å². The van der Waals surface area contributed by atoms with Crippen molar-refractivity contribution in [3.63, 3.8) is 0 Å². The number of nitrogens with two attached hydrogens (primary N) is 1. The van der Waals surface area contributed by atoms with Crippen LogP contribution in [-0.2, 0) is 6.54 Å². The number of imidazole rings is 1. The lowest BCUT2D eigenvalue weighted by Crippen LogP contribution is -1.98. The molecule has 4 heteroatoms. The second kappa shape index (κ2) is 4.35. The molecule has 0 saturated heterocycles. The van der Waals surface area contributed by atoms with Gasteiger partial charge in [0, 0.05) is 10.7 Å². The number of hydrogen-bond acceptors (Lipinski definition) is 2. The summed E-state index contributed by atoms with van der Waals surface area (Å²) in [5, 5.41) is 0.773. The van der Waals surface area contributed by atoms with E-state index >= 15 is 0 Å². The van der Waals surface area contributed by atoms with Gasteiger partial charge in [-0.3, -0.25) is 0 Å². The van der Waals surface area contributed by atoms with Crippen LogP contribution in [0.15, 0.2) is 48.8 Å². The van der Waals surface area contributed by atoms with Gasteiger partial charge in [-0.15, -0.1) is 0 Å². The third kappa shape index (κ3) is 1.93. The Balaban J connectivity index is 2.03. The van der Waals surface area contributed by atoms with Gasteiger partial charge in [0.25, 0.3) is 0 Å². The summed E-state index contributed by atoms with van der Waals surface area (Å²) < 4.78 is 2.07. The van der Waals surface area contributed by atoms with Gasteiger partial charge in [-0.1, -0.05) is 29.8 Å². The minimum atomic E-state index is 0.708. The van der Waals surface area contributed by atoms with Crippen molar-refractivity contribution in [1.82, 2.24) is 9.55 Å². The van der Waals surface area contributed by atoms with E-state index in [1.807, 2.05) is 48.8 Å². The first-order valence-corrected chi connectivity index (χ1v) is 6.05. The van der Waals surface area contributed by atoms with E-state index in [0.717, 1.165) is 27.3 Å². The van der Waals surface area contributed by atoms with Crippen LogP contribution in [0.5, 0.6) is 0 Å². The number of nitrogen functional groups attached to an aromatic ring is 1. The Morgan fingerprint density at radius 1 is 1.17 bits per heavy atom. The maximum absolute atomic E-state index is 6.16. The Bertz CT molecular complexity index is 703. The lowest BCUT2D eigenvalue weighted by atomic mass is 10.2. The molecule has 18 heavy (non-hydrogen) atoms. The molecule has 0 aliphatic rings. The largest absolute Gasteiger partial charge is 0.399 e. The lowest BCUT2D eigenvalue weighted by molar-refractivity contribution is 0.825. The van der Waals surface area contributed by atoms with Gasteiger partial charge in [-0.25, -0.2) is 4.98 Å². The summed E-state index contributed by atoms with van der Waals surface area (Å²) in [5.74, 6) is 0. The molecule has 3 aromatic rings. The number of benzene rings is 2. The van der Waals surface area contributed by atoms with Gasteiger partial charge in [0.05, 0.1) is 23.9 Å². The van der Waals surface area contributed by atoms with Crippen molar-refractivity contribution in [2.75, 3.05) is 5.73 Å². The smallest absolute Gasteiger partial charge is 0.0961 e. The molecule has 0 unspecified atom stereocenters. The third-order valence-corrected chi connectivity index (χ3v) is 3.31. The highest BCUT2D eigenvalue weighted by Gasteiger charge is 2.05. The molecule has 0 radical (unpaired) electrons. The highest BCUT2D eigenvalue weighted by Crippen LogP contribution is 2.20. The van der Waals surface area contributed by atoms with Crippen molar-refractivity contribution in [3.05, 3.63) is 59.4 Å². The number of anilines is 1. The van der Waals surface area contributed by atoms with Crippen molar-refractivity contribution in [3.8, 4) is 0 Å². The highest BCUT2D eigenvalue weighted by molar-refractivity contribution is 6.31. The number of fused-ring (bicyclic) bond motifs is 1. The van der Waals surface area contributed by atoms with Crippen LogP contribution in [0, 0.1) is 0 Å². The minimum absolute atomic E-state index is 0.708. The van der Waals surface area contributed by atoms with Crippen LogP contribution in [0.4, 0.5) is 5.69 Å². The molecule has 0 fully saturated rings. The third-order valence-electron chi connectivity index (χ3n) is 2.94. The van der Waals surface area contributed by atoms with Crippen molar-refractivity contribution in [2.45, 2.75) is 6.54 Å². The van der Waals surface area contributed by atoms with Gasteiger partial charge < -0.3 is 10.3 Å². The Labute approximate surface area is 110 Å². The molecule has 0 bridgehead atoms. The fourth-order valence-electron chi connectivity index (χ4n) is 2.02. The van der Waals surface area contributed by atoms with Gasteiger partial charge in [-0.05, 0) is 29.8 Å². The zero-order valence-electron chi connectivity index (χ0n) is 9.68. The van der Waals surface area contributed by atoms with Gasteiger partial charge in [0.15, 0.2) is 0 Å². The van der Waals surface area contributed by atoms with Crippen LogP contribution in [0.2, 0.25) is 5.02 Å². The summed E-state index contributed by atoms with van der Waals surface area (Å²) in [5.41, 5.74) is 9.51. The molecule has 0 aliphatic heterocycles. The highest BCUT2D eigenvalue weighted by atomic mass is 35.5. The average Bonchev–Trinajstić information content (AvgIpc) is 2.74. The number of hydrogen-bond donors (Lipinski definition) is 1. The topological polar surface area (TPSA) is 43.8 Å². The maximum Gasteiger partial charge on any atom is 0.0961 e. The van der Waals surface area contributed by atoms with E-state index in [1.54, 1.807) is 0 Å². The van der Waals surface area contributed by atoms with Gasteiger partial charge in [0.1, 0.15) is 0 Å². The SMILES string of the molecule is Nc1ccc2c(c1)ncn2Cc1ccccc1Cl. The molecule has 3 rings (SSSR count). The normalized spacial score (nSPS) is 10.9. The second-order valence-electron chi connectivity index (χ2n) is 4.21. The predicted octanol–water partition coefficient (Wildman–Crippen LogP) is 3.32. The quantitative estimate of drug-likeness (QED) is 0.716. The van der Waals surface area contributed by atoms with Crippen LogP contribution in [0.25, 0.3) is 11.0 Å². The number of nitrogens with zero attached hydrogens (tertiary/aromatic N) is 2. The van der Waals surface area contributed by atoms with E-state index in [0.29, 0.717) is 6.54 Å². The fourth-order valence-corrected chi connectivity index (χ4v) is 2.21. The van der Waals surface area contributed by atoms with E-state index in [4.69, 9.17) is 17.3 Å². The first-order chi connectivity index (χ1) is 8.74. The van der Waals surface area contributed by atoms with Crippen LogP contribution < -0.4 is 5.73 Å². The standard InChI is InChI=1S/C14H12ClN3/c15-12-4-2-1-3-10(12)8-18-9-17-13-7-11(16)5-6-14(13)18/h1-7,9H,8,16H2. The zero-order valence-corrected chi connectivity index (χ0v) is 10.4. The van der Waals surface area contributed by atoms with Gasteiger partial charge >= 0.3 is 0 Å².